The summed E-state index contributed by atoms with van der Waals surface area (Å²) in [5, 5.41) is 9.69. The lowest BCUT2D eigenvalue weighted by Crippen LogP contribution is -2.45. The predicted molar refractivity (Wildman–Crippen MR) is 109 cm³/mol. The summed E-state index contributed by atoms with van der Waals surface area (Å²) in [7, 11) is 0. The van der Waals surface area contributed by atoms with E-state index in [4.69, 9.17) is 17.3 Å². The lowest BCUT2D eigenvalue weighted by molar-refractivity contribution is -0.129. The van der Waals surface area contributed by atoms with Crippen molar-refractivity contribution in [2.24, 2.45) is 5.73 Å². The van der Waals surface area contributed by atoms with Gasteiger partial charge in [0.25, 0.3) is 5.91 Å². The Labute approximate surface area is 176 Å². The Morgan fingerprint density at radius 2 is 1.93 bits per heavy atom. The Morgan fingerprint density at radius 3 is 2.67 bits per heavy atom. The van der Waals surface area contributed by atoms with E-state index in [0.717, 1.165) is 0 Å². The van der Waals surface area contributed by atoms with Gasteiger partial charge in [0, 0.05) is 17.5 Å². The number of primary amides is 1. The average molecular weight is 432 g/mol. The molecule has 0 bridgehead atoms. The van der Waals surface area contributed by atoms with Crippen molar-refractivity contribution in [3.05, 3.63) is 64.6 Å². The first-order chi connectivity index (χ1) is 14.3. The number of carbonyl (C=O) groups excluding carboxylic acids is 3. The molecule has 8 nitrogen and oxygen atoms in total. The second-order valence-corrected chi connectivity index (χ2v) is 7.01. The summed E-state index contributed by atoms with van der Waals surface area (Å²) in [4.78, 5) is 36.2. The van der Waals surface area contributed by atoms with Crippen molar-refractivity contribution in [3.63, 3.8) is 0 Å². The normalized spacial score (nSPS) is 11.8. The van der Waals surface area contributed by atoms with Crippen molar-refractivity contribution in [3.8, 4) is 0 Å². The van der Waals surface area contributed by atoms with Gasteiger partial charge < -0.3 is 16.4 Å². The van der Waals surface area contributed by atoms with E-state index in [1.54, 1.807) is 30.3 Å². The zero-order valence-corrected chi connectivity index (χ0v) is 16.7. The number of rotatable bonds is 7. The van der Waals surface area contributed by atoms with Gasteiger partial charge in [-0.1, -0.05) is 41.9 Å². The number of amides is 3. The number of carbonyl (C=O) groups is 3. The summed E-state index contributed by atoms with van der Waals surface area (Å²) >= 11 is 5.72. The fraction of sp³-hybridized carbons (Fsp3) is 0.200. The molecule has 3 aromatic rings. The topological polar surface area (TPSA) is 119 Å². The fourth-order valence-electron chi connectivity index (χ4n) is 2.94. The molecule has 0 aliphatic rings. The molecule has 156 valence electrons. The Bertz CT molecular complexity index is 1130. The smallest absolute Gasteiger partial charge is 0.269 e. The molecule has 2 aromatic carbocycles. The van der Waals surface area contributed by atoms with Crippen LogP contribution in [0.15, 0.2) is 42.5 Å². The molecule has 0 radical (unpaired) electrons. The molecule has 1 aromatic heterocycles. The molecular weight excluding hydrogens is 413 g/mol. The van der Waals surface area contributed by atoms with Crippen LogP contribution in [-0.4, -0.2) is 33.5 Å². The minimum atomic E-state index is -0.878. The van der Waals surface area contributed by atoms with Gasteiger partial charge in [0.15, 0.2) is 5.69 Å². The van der Waals surface area contributed by atoms with Crippen molar-refractivity contribution in [2.75, 3.05) is 0 Å². The number of aromatic nitrogens is 2. The molecule has 0 aliphatic heterocycles. The van der Waals surface area contributed by atoms with Crippen LogP contribution in [0.4, 0.5) is 4.39 Å². The van der Waals surface area contributed by atoms with Crippen LogP contribution in [-0.2, 0) is 22.7 Å². The third kappa shape index (κ3) is 4.57. The summed E-state index contributed by atoms with van der Waals surface area (Å²) < 4.78 is 15.2. The minimum Gasteiger partial charge on any atom is -0.364 e. The van der Waals surface area contributed by atoms with Crippen molar-refractivity contribution in [1.82, 2.24) is 20.4 Å². The van der Waals surface area contributed by atoms with Crippen LogP contribution in [0.25, 0.3) is 10.9 Å². The molecule has 30 heavy (non-hydrogen) atoms. The first-order valence-corrected chi connectivity index (χ1v) is 9.41. The van der Waals surface area contributed by atoms with Gasteiger partial charge in [-0.05, 0) is 19.1 Å². The van der Waals surface area contributed by atoms with Crippen LogP contribution in [0.1, 0.15) is 23.0 Å². The lowest BCUT2D eigenvalue weighted by Gasteiger charge is -2.15. The zero-order chi connectivity index (χ0) is 21.8. The Morgan fingerprint density at radius 1 is 1.20 bits per heavy atom. The molecule has 10 heteroatoms. The van der Waals surface area contributed by atoms with Crippen LogP contribution in [0.2, 0.25) is 5.02 Å². The molecule has 0 spiro atoms. The number of halogens is 2. The monoisotopic (exact) mass is 431 g/mol. The standard InChI is InChI=1S/C20H19ClFN5O3/c1-11(20(30)24-9-12-5-4-7-14(21)17(12)22)25-16(28)10-27-15-8-3-2-6-13(15)18(26-27)19(23)29/h2-8,11H,9-10H2,1H3,(H2,23,29)(H,24,30)(H,25,28)/t11-/m0/s1. The molecule has 0 fully saturated rings. The number of nitrogens with zero attached hydrogens (tertiary/aromatic N) is 2. The third-order valence-electron chi connectivity index (χ3n) is 4.44. The van der Waals surface area contributed by atoms with Gasteiger partial charge in [-0.15, -0.1) is 0 Å². The van der Waals surface area contributed by atoms with Crippen LogP contribution in [0.3, 0.4) is 0 Å². The van der Waals surface area contributed by atoms with Gasteiger partial charge in [-0.2, -0.15) is 5.10 Å². The fourth-order valence-corrected chi connectivity index (χ4v) is 3.13. The molecule has 3 rings (SSSR count). The van der Waals surface area contributed by atoms with E-state index in [2.05, 4.69) is 15.7 Å². The van der Waals surface area contributed by atoms with E-state index in [1.165, 1.54) is 23.7 Å². The molecule has 1 atom stereocenters. The van der Waals surface area contributed by atoms with Crippen molar-refractivity contribution in [2.45, 2.75) is 26.1 Å². The van der Waals surface area contributed by atoms with Crippen LogP contribution in [0.5, 0.6) is 0 Å². The highest BCUT2D eigenvalue weighted by Gasteiger charge is 2.19. The van der Waals surface area contributed by atoms with Crippen molar-refractivity contribution >= 4 is 40.2 Å². The molecule has 4 N–H and O–H groups in total. The molecular formula is C20H19ClFN5O3. The zero-order valence-electron chi connectivity index (χ0n) is 16.0. The summed E-state index contributed by atoms with van der Waals surface area (Å²) in [6.45, 7) is 1.21. The van der Waals surface area contributed by atoms with Crippen molar-refractivity contribution < 1.29 is 18.8 Å². The van der Waals surface area contributed by atoms with Gasteiger partial charge in [0.2, 0.25) is 11.8 Å². The number of hydrogen-bond donors (Lipinski definition) is 3. The number of nitrogens with two attached hydrogens (primary N) is 1. The van der Waals surface area contributed by atoms with Crippen molar-refractivity contribution in [1.29, 1.82) is 0 Å². The number of nitrogens with one attached hydrogen (secondary N) is 2. The number of hydrogen-bond acceptors (Lipinski definition) is 4. The summed E-state index contributed by atoms with van der Waals surface area (Å²) in [6, 6.07) is 10.5. The minimum absolute atomic E-state index is 0.0371. The van der Waals surface area contributed by atoms with Crippen LogP contribution < -0.4 is 16.4 Å². The summed E-state index contributed by atoms with van der Waals surface area (Å²) in [6.07, 6.45) is 0. The number of benzene rings is 2. The van der Waals surface area contributed by atoms with Gasteiger partial charge in [-0.25, -0.2) is 4.39 Å². The second kappa shape index (κ2) is 8.91. The first-order valence-electron chi connectivity index (χ1n) is 9.03. The predicted octanol–water partition coefficient (Wildman–Crippen LogP) is 1.75. The highest BCUT2D eigenvalue weighted by Crippen LogP contribution is 2.18. The summed E-state index contributed by atoms with van der Waals surface area (Å²) in [5.74, 6) is -2.29. The first kappa shape index (κ1) is 21.3. The maximum absolute atomic E-state index is 13.9. The molecule has 0 saturated heterocycles. The van der Waals surface area contributed by atoms with Crippen LogP contribution >= 0.6 is 11.6 Å². The molecule has 3 amide bonds. The molecule has 1 heterocycles. The van der Waals surface area contributed by atoms with E-state index in [1.807, 2.05) is 0 Å². The SMILES string of the molecule is C[C@H](NC(=O)Cn1nc(C(N)=O)c2ccccc21)C(=O)NCc1cccc(Cl)c1F. The van der Waals surface area contributed by atoms with Gasteiger partial charge in [-0.3, -0.25) is 19.1 Å². The van der Waals surface area contributed by atoms with Gasteiger partial charge >= 0.3 is 0 Å². The Hall–Kier alpha value is -3.46. The second-order valence-electron chi connectivity index (χ2n) is 6.61. The van der Waals surface area contributed by atoms with E-state index in [0.29, 0.717) is 10.9 Å². The Kier molecular flexibility index (Phi) is 6.31. The molecule has 0 saturated carbocycles. The van der Waals surface area contributed by atoms with E-state index in [9.17, 15) is 18.8 Å². The highest BCUT2D eigenvalue weighted by atomic mass is 35.5. The number of para-hydroxylation sites is 1. The molecule has 0 unspecified atom stereocenters. The quantitative estimate of drug-likeness (QED) is 0.528. The third-order valence-corrected chi connectivity index (χ3v) is 4.73. The van der Waals surface area contributed by atoms with Gasteiger partial charge in [0.05, 0.1) is 10.5 Å². The average Bonchev–Trinajstić information content (AvgIpc) is 3.07. The van der Waals surface area contributed by atoms with Gasteiger partial charge in [0.1, 0.15) is 18.4 Å². The van der Waals surface area contributed by atoms with Crippen LogP contribution in [0, 0.1) is 5.82 Å². The maximum Gasteiger partial charge on any atom is 0.269 e. The Balaban J connectivity index is 1.62. The highest BCUT2D eigenvalue weighted by molar-refractivity contribution is 6.30. The largest absolute Gasteiger partial charge is 0.364 e. The lowest BCUT2D eigenvalue weighted by atomic mass is 10.2. The van der Waals surface area contributed by atoms with E-state index in [-0.39, 0.29) is 29.4 Å². The maximum atomic E-state index is 13.9. The summed E-state index contributed by atoms with van der Waals surface area (Å²) in [5.41, 5.74) is 6.20. The van der Waals surface area contributed by atoms with E-state index >= 15 is 0 Å². The van der Waals surface area contributed by atoms with E-state index < -0.39 is 29.6 Å². The molecule has 0 aliphatic carbocycles. The number of fused-ring (bicyclic) bond motifs is 1.